The van der Waals surface area contributed by atoms with Crippen LogP contribution in [0.2, 0.25) is 5.02 Å². The summed E-state index contributed by atoms with van der Waals surface area (Å²) >= 11 is 6.16. The fourth-order valence-corrected chi connectivity index (χ4v) is 4.21. The summed E-state index contributed by atoms with van der Waals surface area (Å²) in [6.07, 6.45) is 1.19. The summed E-state index contributed by atoms with van der Waals surface area (Å²) < 4.78 is 50.3. The van der Waals surface area contributed by atoms with Gasteiger partial charge < -0.3 is 9.47 Å². The number of hydrazone groups is 1. The second-order valence-electron chi connectivity index (χ2n) is 6.01. The van der Waals surface area contributed by atoms with Gasteiger partial charge in [0, 0.05) is 22.6 Å². The highest BCUT2D eigenvalue weighted by Gasteiger charge is 2.37. The van der Waals surface area contributed by atoms with E-state index in [1.54, 1.807) is 18.2 Å². The molecule has 0 N–H and O–H groups in total. The molecule has 1 heterocycles. The van der Waals surface area contributed by atoms with Crippen molar-refractivity contribution in [3.63, 3.8) is 0 Å². The first-order valence-electron chi connectivity index (χ1n) is 7.99. The summed E-state index contributed by atoms with van der Waals surface area (Å²) in [6, 6.07) is 8.51. The predicted molar refractivity (Wildman–Crippen MR) is 102 cm³/mol. The van der Waals surface area contributed by atoms with E-state index in [1.807, 2.05) is 0 Å². The molecule has 0 saturated carbocycles. The van der Waals surface area contributed by atoms with Crippen LogP contribution in [0.4, 0.5) is 4.39 Å². The molecule has 0 aliphatic carbocycles. The summed E-state index contributed by atoms with van der Waals surface area (Å²) in [5.41, 5.74) is 1.23. The topological polar surface area (TPSA) is 68.2 Å². The van der Waals surface area contributed by atoms with Crippen LogP contribution < -0.4 is 9.47 Å². The maximum atomic E-state index is 14.4. The van der Waals surface area contributed by atoms with E-state index < -0.39 is 21.9 Å². The Morgan fingerprint density at radius 3 is 2.48 bits per heavy atom. The Bertz CT molecular complexity index is 990. The first-order valence-corrected chi connectivity index (χ1v) is 10.2. The van der Waals surface area contributed by atoms with Crippen molar-refractivity contribution < 1.29 is 22.3 Å². The van der Waals surface area contributed by atoms with Gasteiger partial charge in [0.25, 0.3) is 0 Å². The van der Waals surface area contributed by atoms with Crippen LogP contribution in [0, 0.1) is 5.82 Å². The van der Waals surface area contributed by atoms with Gasteiger partial charge in [-0.3, -0.25) is 0 Å². The Hall–Kier alpha value is -2.32. The van der Waals surface area contributed by atoms with Gasteiger partial charge in [-0.15, -0.1) is 0 Å². The zero-order chi connectivity index (χ0) is 19.8. The predicted octanol–water partition coefficient (Wildman–Crippen LogP) is 3.61. The van der Waals surface area contributed by atoms with Gasteiger partial charge in [0.2, 0.25) is 10.0 Å². The Balaban J connectivity index is 2.07. The molecule has 1 aliphatic heterocycles. The van der Waals surface area contributed by atoms with Gasteiger partial charge in [-0.2, -0.15) is 9.52 Å². The molecule has 2 aromatic rings. The molecule has 6 nitrogen and oxygen atoms in total. The lowest BCUT2D eigenvalue weighted by Crippen LogP contribution is -2.26. The van der Waals surface area contributed by atoms with Crippen molar-refractivity contribution in [2.75, 3.05) is 20.5 Å². The van der Waals surface area contributed by atoms with Crippen molar-refractivity contribution in [3.8, 4) is 11.5 Å². The number of benzene rings is 2. The molecule has 0 bridgehead atoms. The van der Waals surface area contributed by atoms with Crippen LogP contribution in [-0.4, -0.2) is 39.0 Å². The molecule has 27 heavy (non-hydrogen) atoms. The third-order valence-corrected chi connectivity index (χ3v) is 5.61. The molecule has 0 amide bonds. The number of ether oxygens (including phenoxy) is 2. The Kier molecular flexibility index (Phi) is 5.30. The highest BCUT2D eigenvalue weighted by atomic mass is 35.5. The van der Waals surface area contributed by atoms with Gasteiger partial charge in [-0.05, 0) is 30.3 Å². The van der Waals surface area contributed by atoms with Crippen LogP contribution >= 0.6 is 11.6 Å². The van der Waals surface area contributed by atoms with Gasteiger partial charge in [0.1, 0.15) is 5.82 Å². The molecule has 3 rings (SSSR count). The van der Waals surface area contributed by atoms with Crippen LogP contribution in [0.5, 0.6) is 11.5 Å². The number of hydrogen-bond acceptors (Lipinski definition) is 5. The van der Waals surface area contributed by atoms with Crippen LogP contribution in [0.25, 0.3) is 0 Å². The average Bonchev–Trinajstić information content (AvgIpc) is 3.06. The van der Waals surface area contributed by atoms with Crippen molar-refractivity contribution in [3.05, 3.63) is 58.4 Å². The number of rotatable bonds is 5. The van der Waals surface area contributed by atoms with Crippen LogP contribution in [0.15, 0.2) is 41.5 Å². The number of hydrogen-bond donors (Lipinski definition) is 0. The third kappa shape index (κ3) is 3.72. The van der Waals surface area contributed by atoms with Gasteiger partial charge >= 0.3 is 0 Å². The molecule has 1 aliphatic rings. The fourth-order valence-electron chi connectivity index (χ4n) is 3.03. The highest BCUT2D eigenvalue weighted by Crippen LogP contribution is 2.40. The summed E-state index contributed by atoms with van der Waals surface area (Å²) in [4.78, 5) is 0. The summed E-state index contributed by atoms with van der Waals surface area (Å²) in [5, 5.41) is 4.39. The van der Waals surface area contributed by atoms with Gasteiger partial charge in [-0.25, -0.2) is 12.8 Å². The van der Waals surface area contributed by atoms with Crippen molar-refractivity contribution in [1.82, 2.24) is 4.41 Å². The minimum Gasteiger partial charge on any atom is -0.493 e. The Labute approximate surface area is 162 Å². The molecule has 0 unspecified atom stereocenters. The third-order valence-electron chi connectivity index (χ3n) is 4.26. The molecule has 2 aromatic carbocycles. The molecule has 0 fully saturated rings. The lowest BCUT2D eigenvalue weighted by atomic mass is 9.98. The maximum Gasteiger partial charge on any atom is 0.247 e. The molecule has 0 radical (unpaired) electrons. The van der Waals surface area contributed by atoms with Gasteiger partial charge in [0.05, 0.1) is 32.2 Å². The molecule has 0 aromatic heterocycles. The first-order chi connectivity index (χ1) is 12.8. The Morgan fingerprint density at radius 1 is 1.19 bits per heavy atom. The van der Waals surface area contributed by atoms with E-state index in [2.05, 4.69) is 5.10 Å². The average molecular weight is 413 g/mol. The van der Waals surface area contributed by atoms with Gasteiger partial charge in [0.15, 0.2) is 11.5 Å². The lowest BCUT2D eigenvalue weighted by Gasteiger charge is -2.22. The SMILES string of the molecule is COc1ccc(C2=NN(S(C)(=O)=O)[C@@H](c3c(F)cccc3Cl)C2)cc1OC. The monoisotopic (exact) mass is 412 g/mol. The van der Waals surface area contributed by atoms with E-state index in [0.29, 0.717) is 22.8 Å². The Morgan fingerprint density at radius 2 is 1.89 bits per heavy atom. The smallest absolute Gasteiger partial charge is 0.247 e. The molecule has 9 heteroatoms. The minimum absolute atomic E-state index is 0.101. The number of nitrogens with zero attached hydrogens (tertiary/aromatic N) is 2. The molecule has 1 atom stereocenters. The van der Waals surface area contributed by atoms with E-state index in [0.717, 1.165) is 10.7 Å². The van der Waals surface area contributed by atoms with Crippen molar-refractivity contribution >= 4 is 27.3 Å². The van der Waals surface area contributed by atoms with Crippen LogP contribution in [-0.2, 0) is 10.0 Å². The lowest BCUT2D eigenvalue weighted by molar-refractivity contribution is 0.355. The van der Waals surface area contributed by atoms with Crippen molar-refractivity contribution in [2.45, 2.75) is 12.5 Å². The number of methoxy groups -OCH3 is 2. The molecular weight excluding hydrogens is 395 g/mol. The first kappa shape index (κ1) is 19.4. The molecular formula is C18H18ClFN2O4S. The number of halogens is 2. The summed E-state index contributed by atoms with van der Waals surface area (Å²) in [5.74, 6) is 0.439. The molecule has 0 spiro atoms. The van der Waals surface area contributed by atoms with Crippen LogP contribution in [0.3, 0.4) is 0 Å². The quantitative estimate of drug-likeness (QED) is 0.752. The van der Waals surface area contributed by atoms with E-state index in [4.69, 9.17) is 21.1 Å². The van der Waals surface area contributed by atoms with Gasteiger partial charge in [-0.1, -0.05) is 17.7 Å². The van der Waals surface area contributed by atoms with Crippen molar-refractivity contribution in [1.29, 1.82) is 0 Å². The zero-order valence-corrected chi connectivity index (χ0v) is 16.5. The van der Waals surface area contributed by atoms with Crippen LogP contribution in [0.1, 0.15) is 23.6 Å². The summed E-state index contributed by atoms with van der Waals surface area (Å²) in [7, 11) is -0.715. The minimum atomic E-state index is -3.74. The van der Waals surface area contributed by atoms with E-state index in [1.165, 1.54) is 32.4 Å². The zero-order valence-electron chi connectivity index (χ0n) is 14.9. The summed E-state index contributed by atoms with van der Waals surface area (Å²) in [6.45, 7) is 0. The highest BCUT2D eigenvalue weighted by molar-refractivity contribution is 7.88. The normalized spacial score (nSPS) is 17.0. The van der Waals surface area contributed by atoms with E-state index >= 15 is 0 Å². The molecule has 144 valence electrons. The standard InChI is InChI=1S/C18H18ClFN2O4S/c1-25-16-8-7-11(9-17(16)26-2)14-10-15(22(21-14)27(3,23)24)18-12(19)5-4-6-13(18)20/h4-9,15H,10H2,1-3H3/t15-/m1/s1. The second-order valence-corrected chi connectivity index (χ2v) is 8.25. The van der Waals surface area contributed by atoms with E-state index in [9.17, 15) is 12.8 Å². The largest absolute Gasteiger partial charge is 0.493 e. The molecule has 0 saturated heterocycles. The number of sulfonamides is 1. The van der Waals surface area contributed by atoms with Crippen molar-refractivity contribution in [2.24, 2.45) is 5.10 Å². The maximum absolute atomic E-state index is 14.4. The fraction of sp³-hybridized carbons (Fsp3) is 0.278. The second kappa shape index (κ2) is 7.36. The van der Waals surface area contributed by atoms with E-state index in [-0.39, 0.29) is 17.0 Å².